The van der Waals surface area contributed by atoms with Crippen molar-refractivity contribution in [1.82, 2.24) is 5.32 Å². The topological polar surface area (TPSA) is 12.0 Å². The summed E-state index contributed by atoms with van der Waals surface area (Å²) < 4.78 is 0. The molecule has 0 spiro atoms. The van der Waals surface area contributed by atoms with Crippen molar-refractivity contribution in [2.75, 3.05) is 13.1 Å². The molecule has 0 aliphatic rings. The van der Waals surface area contributed by atoms with Crippen molar-refractivity contribution in [3.63, 3.8) is 0 Å². The highest BCUT2D eigenvalue weighted by Gasteiger charge is 2.28. The molecule has 0 amide bonds. The summed E-state index contributed by atoms with van der Waals surface area (Å²) in [6.45, 7) is 13.8. The SMILES string of the molecule is CCCCC(CC)(CNCCC)Cc1c(C)cccc1C. The smallest absolute Gasteiger partial charge is 0.00109 e. The Labute approximate surface area is 132 Å². The van der Waals surface area contributed by atoms with Gasteiger partial charge in [-0.15, -0.1) is 0 Å². The van der Waals surface area contributed by atoms with E-state index in [9.17, 15) is 0 Å². The molecule has 1 unspecified atom stereocenters. The van der Waals surface area contributed by atoms with E-state index >= 15 is 0 Å². The molecule has 1 aromatic rings. The summed E-state index contributed by atoms with van der Waals surface area (Å²) in [5, 5.41) is 3.69. The van der Waals surface area contributed by atoms with Gasteiger partial charge in [0.1, 0.15) is 0 Å². The summed E-state index contributed by atoms with van der Waals surface area (Å²) in [6.07, 6.45) is 7.67. The van der Waals surface area contributed by atoms with E-state index < -0.39 is 0 Å². The van der Waals surface area contributed by atoms with Crippen LogP contribution < -0.4 is 5.32 Å². The van der Waals surface area contributed by atoms with E-state index in [0.717, 1.165) is 13.1 Å². The van der Waals surface area contributed by atoms with Crippen molar-refractivity contribution in [2.45, 2.75) is 73.1 Å². The molecular formula is C20H35N. The van der Waals surface area contributed by atoms with Gasteiger partial charge in [0, 0.05) is 6.54 Å². The zero-order valence-electron chi connectivity index (χ0n) is 14.9. The van der Waals surface area contributed by atoms with E-state index in [4.69, 9.17) is 0 Å². The molecule has 1 heteroatoms. The van der Waals surface area contributed by atoms with E-state index in [2.05, 4.69) is 58.1 Å². The number of nitrogens with one attached hydrogen (secondary N) is 1. The Hall–Kier alpha value is -0.820. The lowest BCUT2D eigenvalue weighted by atomic mass is 9.73. The minimum absolute atomic E-state index is 0.419. The van der Waals surface area contributed by atoms with Crippen LogP contribution in [0.3, 0.4) is 0 Å². The molecule has 0 aliphatic heterocycles. The van der Waals surface area contributed by atoms with Crippen LogP contribution in [-0.4, -0.2) is 13.1 Å². The highest BCUT2D eigenvalue weighted by atomic mass is 14.9. The molecule has 21 heavy (non-hydrogen) atoms. The number of hydrogen-bond donors (Lipinski definition) is 1. The molecule has 120 valence electrons. The van der Waals surface area contributed by atoms with Crippen LogP contribution in [0, 0.1) is 19.3 Å². The van der Waals surface area contributed by atoms with Gasteiger partial charge >= 0.3 is 0 Å². The molecule has 1 rings (SSSR count). The predicted molar refractivity (Wildman–Crippen MR) is 95.0 cm³/mol. The maximum Gasteiger partial charge on any atom is 0.00109 e. The minimum atomic E-state index is 0.419. The van der Waals surface area contributed by atoms with Crippen molar-refractivity contribution < 1.29 is 0 Å². The third kappa shape index (κ3) is 5.47. The van der Waals surface area contributed by atoms with Gasteiger partial charge in [0.05, 0.1) is 0 Å². The number of rotatable bonds is 10. The van der Waals surface area contributed by atoms with Crippen LogP contribution in [0.15, 0.2) is 18.2 Å². The van der Waals surface area contributed by atoms with Crippen LogP contribution in [0.1, 0.15) is 69.6 Å². The van der Waals surface area contributed by atoms with Crippen molar-refractivity contribution in [3.8, 4) is 0 Å². The van der Waals surface area contributed by atoms with E-state index in [1.807, 2.05) is 0 Å². The fourth-order valence-corrected chi connectivity index (χ4v) is 3.25. The van der Waals surface area contributed by atoms with E-state index in [0.29, 0.717) is 5.41 Å². The van der Waals surface area contributed by atoms with Gasteiger partial charge in [-0.2, -0.15) is 0 Å². The molecule has 0 fully saturated rings. The first-order valence-corrected chi connectivity index (χ1v) is 8.84. The van der Waals surface area contributed by atoms with Crippen LogP contribution in [0.4, 0.5) is 0 Å². The second-order valence-corrected chi connectivity index (χ2v) is 6.68. The minimum Gasteiger partial charge on any atom is -0.316 e. The first-order valence-electron chi connectivity index (χ1n) is 8.84. The molecule has 0 radical (unpaired) electrons. The predicted octanol–water partition coefficient (Wildman–Crippen LogP) is 5.43. The molecule has 0 aromatic heterocycles. The molecule has 0 saturated carbocycles. The fourth-order valence-electron chi connectivity index (χ4n) is 3.25. The van der Waals surface area contributed by atoms with Crippen LogP contribution in [0.2, 0.25) is 0 Å². The van der Waals surface area contributed by atoms with Crippen LogP contribution in [0.5, 0.6) is 0 Å². The van der Waals surface area contributed by atoms with Gasteiger partial charge in [-0.05, 0) is 68.2 Å². The summed E-state index contributed by atoms with van der Waals surface area (Å²) in [5.74, 6) is 0. The Balaban J connectivity index is 2.93. The van der Waals surface area contributed by atoms with Crippen LogP contribution in [-0.2, 0) is 6.42 Å². The summed E-state index contributed by atoms with van der Waals surface area (Å²) in [4.78, 5) is 0. The van der Waals surface area contributed by atoms with Gasteiger partial charge in [0.15, 0.2) is 0 Å². The first-order chi connectivity index (χ1) is 10.1. The number of aryl methyl sites for hydroxylation is 2. The molecular weight excluding hydrogens is 254 g/mol. The lowest BCUT2D eigenvalue weighted by molar-refractivity contribution is 0.229. The standard InChI is InChI=1S/C20H35N/c1-6-9-13-20(8-3,16-21-14-7-2)15-19-17(4)11-10-12-18(19)5/h10-12,21H,6-9,13-16H2,1-5H3. The average molecular weight is 290 g/mol. The van der Waals surface area contributed by atoms with E-state index in [-0.39, 0.29) is 0 Å². The van der Waals surface area contributed by atoms with Crippen molar-refractivity contribution in [1.29, 1.82) is 0 Å². The fraction of sp³-hybridized carbons (Fsp3) is 0.700. The zero-order chi connectivity index (χ0) is 15.7. The van der Waals surface area contributed by atoms with E-state index in [1.165, 1.54) is 49.7 Å². The Kier molecular flexibility index (Phi) is 8.03. The Morgan fingerprint density at radius 2 is 1.67 bits per heavy atom. The van der Waals surface area contributed by atoms with Crippen LogP contribution >= 0.6 is 0 Å². The lowest BCUT2D eigenvalue weighted by Gasteiger charge is -2.35. The van der Waals surface area contributed by atoms with Crippen molar-refractivity contribution in [3.05, 3.63) is 34.9 Å². The summed E-state index contributed by atoms with van der Waals surface area (Å²) in [6, 6.07) is 6.72. The maximum absolute atomic E-state index is 3.69. The Bertz CT molecular complexity index is 390. The monoisotopic (exact) mass is 289 g/mol. The normalized spacial score (nSPS) is 14.1. The van der Waals surface area contributed by atoms with Gasteiger partial charge in [-0.3, -0.25) is 0 Å². The molecule has 0 heterocycles. The molecule has 0 aliphatic carbocycles. The number of benzene rings is 1. The number of hydrogen-bond acceptors (Lipinski definition) is 1. The summed E-state index contributed by atoms with van der Waals surface area (Å²) >= 11 is 0. The van der Waals surface area contributed by atoms with Gasteiger partial charge in [-0.1, -0.05) is 51.8 Å². The second kappa shape index (κ2) is 9.25. The van der Waals surface area contributed by atoms with Crippen LogP contribution in [0.25, 0.3) is 0 Å². The van der Waals surface area contributed by atoms with Gasteiger partial charge in [0.2, 0.25) is 0 Å². The first kappa shape index (κ1) is 18.2. The average Bonchev–Trinajstić information content (AvgIpc) is 2.48. The Morgan fingerprint density at radius 1 is 1.00 bits per heavy atom. The second-order valence-electron chi connectivity index (χ2n) is 6.68. The quantitative estimate of drug-likeness (QED) is 0.566. The highest BCUT2D eigenvalue weighted by Crippen LogP contribution is 2.34. The van der Waals surface area contributed by atoms with Crippen molar-refractivity contribution >= 4 is 0 Å². The molecule has 1 nitrogen and oxygen atoms in total. The molecule has 0 bridgehead atoms. The molecule has 1 aromatic carbocycles. The Morgan fingerprint density at radius 3 is 2.19 bits per heavy atom. The van der Waals surface area contributed by atoms with Crippen molar-refractivity contribution in [2.24, 2.45) is 5.41 Å². The molecule has 1 atom stereocenters. The van der Waals surface area contributed by atoms with E-state index in [1.54, 1.807) is 5.56 Å². The summed E-state index contributed by atoms with van der Waals surface area (Å²) in [7, 11) is 0. The third-order valence-electron chi connectivity index (χ3n) is 4.93. The van der Waals surface area contributed by atoms with Gasteiger partial charge < -0.3 is 5.32 Å². The lowest BCUT2D eigenvalue weighted by Crippen LogP contribution is -2.36. The summed E-state index contributed by atoms with van der Waals surface area (Å²) in [5.41, 5.74) is 4.91. The van der Waals surface area contributed by atoms with Gasteiger partial charge in [0.25, 0.3) is 0 Å². The zero-order valence-corrected chi connectivity index (χ0v) is 14.9. The molecule has 1 N–H and O–H groups in total. The third-order valence-corrected chi connectivity index (χ3v) is 4.93. The number of unbranched alkanes of at least 4 members (excludes halogenated alkanes) is 1. The highest BCUT2D eigenvalue weighted by molar-refractivity contribution is 5.34. The van der Waals surface area contributed by atoms with Gasteiger partial charge in [-0.25, -0.2) is 0 Å². The molecule has 0 saturated heterocycles. The maximum atomic E-state index is 3.69. The largest absolute Gasteiger partial charge is 0.316 e.